The first-order valence-electron chi connectivity index (χ1n) is 8.34. The van der Waals surface area contributed by atoms with Gasteiger partial charge in [0.25, 0.3) is 11.5 Å². The molecule has 0 radical (unpaired) electrons. The van der Waals surface area contributed by atoms with Crippen molar-refractivity contribution in [2.24, 2.45) is 24.4 Å². The molecular formula is C17H21N7O3. The van der Waals surface area contributed by atoms with Crippen LogP contribution in [0.1, 0.15) is 18.6 Å². The molecule has 10 heteroatoms. The van der Waals surface area contributed by atoms with Crippen molar-refractivity contribution in [3.05, 3.63) is 56.7 Å². The second-order valence-electron chi connectivity index (χ2n) is 6.32. The summed E-state index contributed by atoms with van der Waals surface area (Å²) >= 11 is 0. The minimum Gasteiger partial charge on any atom is -0.386 e. The van der Waals surface area contributed by atoms with Gasteiger partial charge in [0.2, 0.25) is 0 Å². The monoisotopic (exact) mass is 371 g/mol. The summed E-state index contributed by atoms with van der Waals surface area (Å²) in [6.45, 7) is 1.81. The number of likely N-dealkylation sites (N-methyl/N-ethyl adjacent to an activating group) is 1. The number of hydrogen-bond acceptors (Lipinski definition) is 6. The highest BCUT2D eigenvalue weighted by Gasteiger charge is 2.20. The molecule has 2 aromatic heterocycles. The van der Waals surface area contributed by atoms with Crippen molar-refractivity contribution < 1.29 is 5.11 Å². The summed E-state index contributed by atoms with van der Waals surface area (Å²) in [6, 6.07) is 8.91. The normalized spacial score (nSPS) is 14.0. The number of hydrogen-bond donors (Lipinski definition) is 2. The van der Waals surface area contributed by atoms with Crippen LogP contribution in [0.25, 0.3) is 11.2 Å². The molecule has 0 spiro atoms. The number of nitrogens with one attached hydrogen (secondary N) is 1. The molecule has 0 unspecified atom stereocenters. The SMILES string of the molecule is C[C@@H]([C@H](O)c1ccccc1)N(C)/N=N/c1nc2c([nH]1)c(=O)n(C)c(=O)n2C. The summed E-state index contributed by atoms with van der Waals surface area (Å²) in [7, 11) is 4.60. The zero-order chi connectivity index (χ0) is 19.7. The van der Waals surface area contributed by atoms with Crippen molar-refractivity contribution in [1.82, 2.24) is 24.1 Å². The molecule has 3 rings (SSSR count). The highest BCUT2D eigenvalue weighted by atomic mass is 16.3. The van der Waals surface area contributed by atoms with Crippen LogP contribution in [0.5, 0.6) is 0 Å². The zero-order valence-corrected chi connectivity index (χ0v) is 15.5. The Morgan fingerprint density at radius 3 is 2.52 bits per heavy atom. The minimum absolute atomic E-state index is 0.0940. The second-order valence-corrected chi connectivity index (χ2v) is 6.32. The summed E-state index contributed by atoms with van der Waals surface area (Å²) in [6.07, 6.45) is -0.751. The maximum Gasteiger partial charge on any atom is 0.332 e. The lowest BCUT2D eigenvalue weighted by molar-refractivity contribution is 0.0700. The van der Waals surface area contributed by atoms with Crippen LogP contribution in [0.3, 0.4) is 0 Å². The number of nitrogens with zero attached hydrogens (tertiary/aromatic N) is 6. The lowest BCUT2D eigenvalue weighted by atomic mass is 10.0. The third-order valence-corrected chi connectivity index (χ3v) is 4.55. The molecule has 1 aromatic carbocycles. The molecule has 0 bridgehead atoms. The van der Waals surface area contributed by atoms with Gasteiger partial charge in [-0.25, -0.2) is 4.79 Å². The Bertz CT molecular complexity index is 1100. The van der Waals surface area contributed by atoms with Gasteiger partial charge in [0, 0.05) is 21.1 Å². The smallest absolute Gasteiger partial charge is 0.332 e. The van der Waals surface area contributed by atoms with Gasteiger partial charge in [-0.1, -0.05) is 40.7 Å². The molecule has 0 aliphatic heterocycles. The highest BCUT2D eigenvalue weighted by molar-refractivity contribution is 5.71. The standard InChI is InChI=1S/C17H21N7O3/c1-10(13(25)11-8-6-5-7-9-11)24(4)21-20-16-18-12-14(19-16)22(2)17(27)23(3)15(12)26/h5-10,13,25H,1-4H3,(H,18,19)/b21-20+/t10-,13-/m0/s1. The minimum atomic E-state index is -0.751. The molecule has 0 saturated carbocycles. The van der Waals surface area contributed by atoms with Crippen LogP contribution in [0.15, 0.2) is 50.3 Å². The lowest BCUT2D eigenvalue weighted by Crippen LogP contribution is -2.36. The van der Waals surface area contributed by atoms with Crippen molar-refractivity contribution in [2.45, 2.75) is 19.1 Å². The van der Waals surface area contributed by atoms with E-state index in [1.54, 1.807) is 7.05 Å². The molecule has 0 aliphatic rings. The number of aliphatic hydroxyl groups is 1. The summed E-state index contributed by atoms with van der Waals surface area (Å²) in [4.78, 5) is 31.1. The first kappa shape index (κ1) is 18.5. The van der Waals surface area contributed by atoms with Crippen molar-refractivity contribution in [2.75, 3.05) is 7.05 Å². The number of aryl methyl sites for hydroxylation is 1. The van der Waals surface area contributed by atoms with Gasteiger partial charge in [-0.2, -0.15) is 4.98 Å². The van der Waals surface area contributed by atoms with E-state index < -0.39 is 17.4 Å². The lowest BCUT2D eigenvalue weighted by Gasteiger charge is -2.25. The molecule has 0 amide bonds. The third kappa shape index (κ3) is 3.38. The zero-order valence-electron chi connectivity index (χ0n) is 15.5. The van der Waals surface area contributed by atoms with Crippen molar-refractivity contribution >= 4 is 17.1 Å². The number of benzene rings is 1. The van der Waals surface area contributed by atoms with E-state index in [-0.39, 0.29) is 23.2 Å². The highest BCUT2D eigenvalue weighted by Crippen LogP contribution is 2.21. The average Bonchev–Trinajstić information content (AvgIpc) is 3.13. The maximum absolute atomic E-state index is 12.2. The van der Waals surface area contributed by atoms with Gasteiger partial charge in [0.15, 0.2) is 11.2 Å². The average molecular weight is 371 g/mol. The van der Waals surface area contributed by atoms with Crippen molar-refractivity contribution in [3.63, 3.8) is 0 Å². The Kier molecular flexibility index (Phi) is 4.91. The van der Waals surface area contributed by atoms with Gasteiger partial charge >= 0.3 is 5.69 Å². The number of aromatic nitrogens is 4. The van der Waals surface area contributed by atoms with Crippen LogP contribution in [0, 0.1) is 0 Å². The van der Waals surface area contributed by atoms with Gasteiger partial charge in [0.1, 0.15) is 6.10 Å². The van der Waals surface area contributed by atoms with E-state index in [0.29, 0.717) is 0 Å². The van der Waals surface area contributed by atoms with Crippen molar-refractivity contribution in [1.29, 1.82) is 0 Å². The first-order chi connectivity index (χ1) is 12.8. The van der Waals surface area contributed by atoms with E-state index >= 15 is 0 Å². The molecular weight excluding hydrogens is 350 g/mol. The summed E-state index contributed by atoms with van der Waals surface area (Å²) in [5.74, 6) is 0.0940. The van der Waals surface area contributed by atoms with E-state index in [4.69, 9.17) is 0 Å². The van der Waals surface area contributed by atoms with Gasteiger partial charge in [0.05, 0.1) is 6.04 Å². The number of aromatic amines is 1. The number of H-pyrrole nitrogens is 1. The van der Waals surface area contributed by atoms with Crippen LogP contribution in [-0.4, -0.2) is 42.3 Å². The molecule has 0 aliphatic carbocycles. The molecule has 27 heavy (non-hydrogen) atoms. The molecule has 142 valence electrons. The second kappa shape index (κ2) is 7.16. The Balaban J connectivity index is 1.85. The molecule has 0 fully saturated rings. The Morgan fingerprint density at radius 1 is 1.19 bits per heavy atom. The molecule has 2 atom stereocenters. The number of imidazole rings is 1. The maximum atomic E-state index is 12.2. The fourth-order valence-corrected chi connectivity index (χ4v) is 2.69. The summed E-state index contributed by atoms with van der Waals surface area (Å²) in [5.41, 5.74) is 0.197. The Labute approximate surface area is 154 Å². The van der Waals surface area contributed by atoms with Crippen molar-refractivity contribution in [3.8, 4) is 0 Å². The topological polar surface area (TPSA) is 121 Å². The number of rotatable bonds is 5. The first-order valence-corrected chi connectivity index (χ1v) is 8.34. The van der Waals surface area contributed by atoms with Crippen LogP contribution in [0.2, 0.25) is 0 Å². The van der Waals surface area contributed by atoms with E-state index in [0.717, 1.165) is 10.1 Å². The van der Waals surface area contributed by atoms with E-state index in [1.165, 1.54) is 23.7 Å². The third-order valence-electron chi connectivity index (χ3n) is 4.55. The molecule has 2 heterocycles. The largest absolute Gasteiger partial charge is 0.386 e. The van der Waals surface area contributed by atoms with Gasteiger partial charge in [-0.3, -0.25) is 18.9 Å². The van der Waals surface area contributed by atoms with Crippen LogP contribution >= 0.6 is 0 Å². The van der Waals surface area contributed by atoms with Gasteiger partial charge in [-0.05, 0) is 12.5 Å². The van der Waals surface area contributed by atoms with Crippen LogP contribution in [0.4, 0.5) is 5.95 Å². The van der Waals surface area contributed by atoms with E-state index in [2.05, 4.69) is 20.3 Å². The van der Waals surface area contributed by atoms with E-state index in [1.807, 2.05) is 37.3 Å². The summed E-state index contributed by atoms with van der Waals surface area (Å²) in [5, 5.41) is 20.0. The van der Waals surface area contributed by atoms with Gasteiger partial charge in [-0.15, -0.1) is 0 Å². The Hall–Kier alpha value is -3.27. The molecule has 10 nitrogen and oxygen atoms in total. The predicted octanol–water partition coefficient (Wildman–Crippen LogP) is 1.01. The molecule has 0 saturated heterocycles. The fraction of sp³-hybridized carbons (Fsp3) is 0.353. The fourth-order valence-electron chi connectivity index (χ4n) is 2.69. The number of aliphatic hydroxyl groups excluding tert-OH is 1. The van der Waals surface area contributed by atoms with Gasteiger partial charge < -0.3 is 10.1 Å². The predicted molar refractivity (Wildman–Crippen MR) is 99.7 cm³/mol. The summed E-state index contributed by atoms with van der Waals surface area (Å²) < 4.78 is 2.25. The quantitative estimate of drug-likeness (QED) is 0.512. The van der Waals surface area contributed by atoms with Crippen LogP contribution < -0.4 is 11.2 Å². The molecule has 2 N–H and O–H groups in total. The van der Waals surface area contributed by atoms with Crippen LogP contribution in [-0.2, 0) is 14.1 Å². The molecule has 3 aromatic rings. The number of fused-ring (bicyclic) bond motifs is 1. The van der Waals surface area contributed by atoms with E-state index in [9.17, 15) is 14.7 Å². The Morgan fingerprint density at radius 2 is 1.85 bits per heavy atom.